The number of carbonyl (C=O) groups excluding carboxylic acids is 1. The Morgan fingerprint density at radius 3 is 2.43 bits per heavy atom. The number of ether oxygens (including phenoxy) is 1. The van der Waals surface area contributed by atoms with E-state index >= 15 is 0 Å². The summed E-state index contributed by atoms with van der Waals surface area (Å²) in [6.07, 6.45) is 5.68. The van der Waals surface area contributed by atoms with E-state index < -0.39 is 0 Å². The summed E-state index contributed by atoms with van der Waals surface area (Å²) in [6, 6.07) is 0. The van der Waals surface area contributed by atoms with Crippen LogP contribution >= 0.6 is 0 Å². The summed E-state index contributed by atoms with van der Waals surface area (Å²) in [4.78, 5) is 10.8. The van der Waals surface area contributed by atoms with Crippen molar-refractivity contribution in [3.63, 3.8) is 0 Å². The number of allylic oxidation sites excluding steroid dienone is 1. The molecule has 0 aromatic heterocycles. The lowest BCUT2D eigenvalue weighted by atomic mass is 9.82. The highest BCUT2D eigenvalue weighted by Crippen LogP contribution is 2.29. The Balaban J connectivity index is 4.46. The van der Waals surface area contributed by atoms with Crippen molar-refractivity contribution in [1.29, 1.82) is 0 Å². The number of hydrogen-bond donors (Lipinski definition) is 0. The first-order valence-electron chi connectivity index (χ1n) is 5.15. The fourth-order valence-electron chi connectivity index (χ4n) is 1.67. The van der Waals surface area contributed by atoms with Crippen LogP contribution in [0.3, 0.4) is 0 Å². The Labute approximate surface area is 87.3 Å². The zero-order chi connectivity index (χ0) is 11.2. The van der Waals surface area contributed by atoms with Gasteiger partial charge < -0.3 is 4.74 Å². The van der Waals surface area contributed by atoms with E-state index in [2.05, 4.69) is 20.8 Å². The van der Waals surface area contributed by atoms with Crippen molar-refractivity contribution >= 4 is 5.78 Å². The largest absolute Gasteiger partial charge is 0.377 e. The summed E-state index contributed by atoms with van der Waals surface area (Å²) in [6.45, 7) is 8.03. The smallest absolute Gasteiger partial charge is 0.152 e. The Morgan fingerprint density at radius 1 is 1.50 bits per heavy atom. The van der Waals surface area contributed by atoms with E-state index in [9.17, 15) is 4.79 Å². The number of rotatable bonds is 6. The van der Waals surface area contributed by atoms with E-state index in [0.717, 1.165) is 12.8 Å². The molecular formula is C12H22O2. The average molecular weight is 198 g/mol. The van der Waals surface area contributed by atoms with Gasteiger partial charge in [0.05, 0.1) is 6.10 Å². The molecule has 0 N–H and O–H groups in total. The second-order valence-corrected chi connectivity index (χ2v) is 4.36. The predicted octanol–water partition coefficient (Wildman–Crippen LogP) is 2.97. The molecule has 1 atom stereocenters. The van der Waals surface area contributed by atoms with E-state index in [4.69, 9.17) is 4.74 Å². The van der Waals surface area contributed by atoms with Gasteiger partial charge in [-0.3, -0.25) is 4.79 Å². The summed E-state index contributed by atoms with van der Waals surface area (Å²) < 4.78 is 5.38. The third-order valence-corrected chi connectivity index (χ3v) is 2.42. The minimum atomic E-state index is 0.0198. The van der Waals surface area contributed by atoms with Gasteiger partial charge in [-0.1, -0.05) is 33.3 Å². The molecule has 0 spiro atoms. The van der Waals surface area contributed by atoms with Gasteiger partial charge in [0, 0.05) is 7.11 Å². The minimum Gasteiger partial charge on any atom is -0.377 e. The Hall–Kier alpha value is -0.630. The minimum absolute atomic E-state index is 0.0198. The van der Waals surface area contributed by atoms with Crippen molar-refractivity contribution < 1.29 is 9.53 Å². The van der Waals surface area contributed by atoms with Crippen molar-refractivity contribution in [3.05, 3.63) is 12.2 Å². The molecule has 0 aliphatic rings. The second kappa shape index (κ2) is 5.97. The molecule has 0 amide bonds. The van der Waals surface area contributed by atoms with Crippen molar-refractivity contribution in [2.75, 3.05) is 7.11 Å². The maximum atomic E-state index is 10.8. The van der Waals surface area contributed by atoms with Gasteiger partial charge in [-0.25, -0.2) is 0 Å². The Bertz CT molecular complexity index is 204. The highest BCUT2D eigenvalue weighted by molar-refractivity contribution is 5.87. The highest BCUT2D eigenvalue weighted by Gasteiger charge is 2.26. The molecule has 0 saturated carbocycles. The van der Waals surface area contributed by atoms with Crippen LogP contribution in [0.25, 0.3) is 0 Å². The van der Waals surface area contributed by atoms with Crippen molar-refractivity contribution in [2.45, 2.75) is 46.6 Å². The van der Waals surface area contributed by atoms with Crippen molar-refractivity contribution in [3.8, 4) is 0 Å². The molecule has 0 aromatic rings. The maximum absolute atomic E-state index is 10.8. The summed E-state index contributed by atoms with van der Waals surface area (Å²) in [7, 11) is 1.69. The summed E-state index contributed by atoms with van der Waals surface area (Å²) in [5, 5.41) is 0. The monoisotopic (exact) mass is 198 g/mol. The zero-order valence-electron chi connectivity index (χ0n) is 9.96. The lowest BCUT2D eigenvalue weighted by Crippen LogP contribution is -2.29. The highest BCUT2D eigenvalue weighted by atomic mass is 16.5. The van der Waals surface area contributed by atoms with Gasteiger partial charge in [-0.2, -0.15) is 0 Å². The summed E-state index contributed by atoms with van der Waals surface area (Å²) in [5.41, 5.74) is 0.0927. The third kappa shape index (κ3) is 4.56. The second-order valence-electron chi connectivity index (χ2n) is 4.36. The number of carbonyl (C=O) groups is 1. The first kappa shape index (κ1) is 13.4. The topological polar surface area (TPSA) is 26.3 Å². The van der Waals surface area contributed by atoms with E-state index in [1.165, 1.54) is 0 Å². The average Bonchev–Trinajstić information content (AvgIpc) is 2.03. The number of hydrogen-bond acceptors (Lipinski definition) is 2. The fraction of sp³-hybridized carbons (Fsp3) is 0.750. The van der Waals surface area contributed by atoms with Gasteiger partial charge in [0.1, 0.15) is 0 Å². The molecule has 14 heavy (non-hydrogen) atoms. The molecule has 0 rings (SSSR count). The lowest BCUT2D eigenvalue weighted by Gasteiger charge is -2.30. The molecule has 2 nitrogen and oxygen atoms in total. The molecule has 0 aromatic carbocycles. The fourth-order valence-corrected chi connectivity index (χ4v) is 1.67. The van der Waals surface area contributed by atoms with Crippen LogP contribution in [0.2, 0.25) is 0 Å². The van der Waals surface area contributed by atoms with Crippen LogP contribution in [0.4, 0.5) is 0 Å². The van der Waals surface area contributed by atoms with E-state index in [0.29, 0.717) is 0 Å². The van der Waals surface area contributed by atoms with Crippen molar-refractivity contribution in [1.82, 2.24) is 0 Å². The standard InChI is InChI=1S/C12H22O2/c1-6-9-12(3,4)11(14-5)8-7-10(2)13/h7-8,11H,6,9H2,1-5H3. The summed E-state index contributed by atoms with van der Waals surface area (Å²) >= 11 is 0. The van der Waals surface area contributed by atoms with Gasteiger partial charge in [-0.15, -0.1) is 0 Å². The molecular weight excluding hydrogens is 176 g/mol. The molecule has 0 fully saturated rings. The molecule has 0 heterocycles. The van der Waals surface area contributed by atoms with Crippen LogP contribution in [0.15, 0.2) is 12.2 Å². The Kier molecular flexibility index (Phi) is 5.70. The van der Waals surface area contributed by atoms with Crippen LogP contribution in [-0.2, 0) is 9.53 Å². The van der Waals surface area contributed by atoms with E-state index in [1.54, 1.807) is 20.1 Å². The number of methoxy groups -OCH3 is 1. The van der Waals surface area contributed by atoms with Gasteiger partial charge in [0.15, 0.2) is 5.78 Å². The quantitative estimate of drug-likeness (QED) is 0.613. The van der Waals surface area contributed by atoms with Crippen molar-refractivity contribution in [2.24, 2.45) is 5.41 Å². The SMILES string of the molecule is CCCC(C)(C)C(C=CC(C)=O)OC. The molecule has 0 aliphatic carbocycles. The maximum Gasteiger partial charge on any atom is 0.152 e. The van der Waals surface area contributed by atoms with Gasteiger partial charge in [0.25, 0.3) is 0 Å². The zero-order valence-corrected chi connectivity index (χ0v) is 9.96. The Morgan fingerprint density at radius 2 is 2.07 bits per heavy atom. The van der Waals surface area contributed by atoms with Gasteiger partial charge >= 0.3 is 0 Å². The van der Waals surface area contributed by atoms with Crippen LogP contribution in [-0.4, -0.2) is 19.0 Å². The molecule has 0 aliphatic heterocycles. The van der Waals surface area contributed by atoms with Crippen LogP contribution < -0.4 is 0 Å². The van der Waals surface area contributed by atoms with E-state index in [1.807, 2.05) is 6.08 Å². The predicted molar refractivity (Wildman–Crippen MR) is 59.3 cm³/mol. The van der Waals surface area contributed by atoms with Gasteiger partial charge in [0.2, 0.25) is 0 Å². The molecule has 1 unspecified atom stereocenters. The summed E-state index contributed by atoms with van der Waals surface area (Å²) in [5.74, 6) is 0.0688. The normalized spacial score (nSPS) is 14.6. The van der Waals surface area contributed by atoms with E-state index in [-0.39, 0.29) is 17.3 Å². The van der Waals surface area contributed by atoms with Crippen LogP contribution in [0.1, 0.15) is 40.5 Å². The van der Waals surface area contributed by atoms with Crippen LogP contribution in [0, 0.1) is 5.41 Å². The number of ketones is 1. The third-order valence-electron chi connectivity index (χ3n) is 2.42. The molecule has 0 radical (unpaired) electrons. The molecule has 0 saturated heterocycles. The van der Waals surface area contributed by atoms with Gasteiger partial charge in [-0.05, 0) is 24.8 Å². The molecule has 0 bridgehead atoms. The first-order chi connectivity index (χ1) is 6.44. The van der Waals surface area contributed by atoms with Crippen LogP contribution in [0.5, 0.6) is 0 Å². The molecule has 82 valence electrons. The first-order valence-corrected chi connectivity index (χ1v) is 5.15. The lowest BCUT2D eigenvalue weighted by molar-refractivity contribution is -0.112. The molecule has 2 heteroatoms.